The van der Waals surface area contributed by atoms with Crippen LogP contribution in [0.2, 0.25) is 13.1 Å². The third-order valence-electron chi connectivity index (χ3n) is 8.47. The minimum Gasteiger partial charge on any atom is -0.309 e. The number of rotatable bonds is 1. The highest BCUT2D eigenvalue weighted by Gasteiger charge is 2.35. The molecule has 0 unspecified atom stereocenters. The van der Waals surface area contributed by atoms with Gasteiger partial charge in [-0.1, -0.05) is 122 Å². The lowest BCUT2D eigenvalue weighted by Crippen LogP contribution is -2.39. The van der Waals surface area contributed by atoms with Crippen molar-refractivity contribution in [1.82, 2.24) is 0 Å². The Kier molecular flexibility index (Phi) is 5.60. The summed E-state index contributed by atoms with van der Waals surface area (Å²) in [7, 11) is -1.80. The van der Waals surface area contributed by atoms with Gasteiger partial charge in [-0.25, -0.2) is 0 Å². The van der Waals surface area contributed by atoms with E-state index in [0.717, 1.165) is 0 Å². The van der Waals surface area contributed by atoms with Gasteiger partial charge in [0.25, 0.3) is 0 Å². The first kappa shape index (κ1) is 24.5. The molecule has 0 spiro atoms. The predicted octanol–water partition coefficient (Wildman–Crippen LogP) is 10.7. The van der Waals surface area contributed by atoms with E-state index in [-0.39, 0.29) is 0 Å². The van der Waals surface area contributed by atoms with Crippen LogP contribution < -0.4 is 10.1 Å². The van der Waals surface area contributed by atoms with Crippen LogP contribution >= 0.6 is 11.2 Å². The van der Waals surface area contributed by atoms with Gasteiger partial charge in [0.1, 0.15) is 0 Å². The van der Waals surface area contributed by atoms with Crippen LogP contribution in [0.5, 0.6) is 0 Å². The monoisotopic (exact) mass is 559 g/mol. The molecule has 0 saturated carbocycles. The average molecular weight is 560 g/mol. The lowest BCUT2D eigenvalue weighted by atomic mass is 9.81. The van der Waals surface area contributed by atoms with Crippen LogP contribution in [-0.2, 0) is 0 Å². The second-order valence-electron chi connectivity index (χ2n) is 11.3. The number of nitrogens with zero attached hydrogens (tertiary/aromatic N) is 1. The predicted molar refractivity (Wildman–Crippen MR) is 179 cm³/mol. The summed E-state index contributed by atoms with van der Waals surface area (Å²) in [6.07, 6.45) is 0. The maximum Gasteiger partial charge on any atom is 0.150 e. The first-order valence-corrected chi connectivity index (χ1v) is 18.7. The molecule has 0 N–H and O–H groups in total. The first-order chi connectivity index (χ1) is 20.1. The maximum absolute atomic E-state index is 2.50. The van der Waals surface area contributed by atoms with Gasteiger partial charge in [-0.3, -0.25) is 0 Å². The summed E-state index contributed by atoms with van der Waals surface area (Å²) in [4.78, 5) is 3.85. The number of fused-ring (bicyclic) bond motifs is 10. The molecule has 2 aliphatic rings. The van der Waals surface area contributed by atoms with Crippen molar-refractivity contribution in [3.8, 4) is 44.5 Å². The molecule has 1 aliphatic carbocycles. The summed E-state index contributed by atoms with van der Waals surface area (Å²) in [6.45, 7) is 4.95. The Balaban J connectivity index is 1.44. The molecule has 1 nitrogen and oxygen atoms in total. The summed E-state index contributed by atoms with van der Waals surface area (Å²) < 4.78 is 0. The Labute approximate surface area is 246 Å². The number of para-hydroxylation sites is 2. The Morgan fingerprint density at radius 3 is 1.46 bits per heavy atom. The largest absolute Gasteiger partial charge is 0.309 e. The molecule has 0 saturated heterocycles. The lowest BCUT2D eigenvalue weighted by Gasteiger charge is -2.30. The van der Waals surface area contributed by atoms with Crippen LogP contribution in [0.15, 0.2) is 144 Å². The van der Waals surface area contributed by atoms with Gasteiger partial charge < -0.3 is 4.90 Å². The van der Waals surface area contributed by atoms with Gasteiger partial charge in [0, 0.05) is 16.3 Å². The van der Waals surface area contributed by atoms with Crippen LogP contribution in [0.1, 0.15) is 0 Å². The molecule has 0 bridgehead atoms. The Morgan fingerprint density at radius 2 is 0.878 bits per heavy atom. The van der Waals surface area contributed by atoms with E-state index in [1.165, 1.54) is 71.7 Å². The molecule has 0 radical (unpaired) electrons. The SMILES string of the molecule is C[Si]1(C)Sc2ccccc2N(c2ccc3c(c2)-c2ccccc2-c2ccccc2-c2ccccc2-3)c2ccccc21. The molecule has 0 atom stereocenters. The summed E-state index contributed by atoms with van der Waals surface area (Å²) in [5, 5.41) is 1.48. The van der Waals surface area contributed by atoms with Gasteiger partial charge in [-0.2, -0.15) is 0 Å². The summed E-state index contributed by atoms with van der Waals surface area (Å²) >= 11 is 2.08. The summed E-state index contributed by atoms with van der Waals surface area (Å²) in [5.74, 6) is 0. The van der Waals surface area contributed by atoms with E-state index in [9.17, 15) is 0 Å². The van der Waals surface area contributed by atoms with E-state index >= 15 is 0 Å². The highest BCUT2D eigenvalue weighted by Crippen LogP contribution is 2.51. The van der Waals surface area contributed by atoms with Gasteiger partial charge in [-0.15, -0.1) is 11.2 Å². The summed E-state index contributed by atoms with van der Waals surface area (Å²) in [5.41, 5.74) is 13.9. The van der Waals surface area contributed by atoms with Gasteiger partial charge in [0.05, 0.1) is 5.69 Å². The third kappa shape index (κ3) is 3.84. The molecule has 196 valence electrons. The van der Waals surface area contributed by atoms with Crippen LogP contribution in [0.25, 0.3) is 44.5 Å². The molecular formula is C38H29NSSi. The standard InChI is InChI=1S/C38H29NSSi/c1-41(2)38-22-12-10-20-36(38)39(35-19-9-11-21-37(35)40-41)26-23-24-33-31-17-6-5-15-29(31)27-13-3-4-14-28(27)30-16-7-8-18-32(30)34(33)25-26/h3-25H,1-2H3. The van der Waals surface area contributed by atoms with Crippen molar-refractivity contribution in [2.75, 3.05) is 4.90 Å². The second-order valence-corrected chi connectivity index (χ2v) is 19.2. The van der Waals surface area contributed by atoms with Crippen molar-refractivity contribution < 1.29 is 0 Å². The summed E-state index contributed by atoms with van der Waals surface area (Å²) in [6, 6.07) is 51.7. The van der Waals surface area contributed by atoms with Crippen molar-refractivity contribution in [3.05, 3.63) is 140 Å². The zero-order valence-electron chi connectivity index (χ0n) is 23.1. The first-order valence-electron chi connectivity index (χ1n) is 14.2. The highest BCUT2D eigenvalue weighted by molar-refractivity contribution is 8.30. The normalized spacial score (nSPS) is 14.1. The zero-order valence-corrected chi connectivity index (χ0v) is 25.0. The van der Waals surface area contributed by atoms with Crippen molar-refractivity contribution in [3.63, 3.8) is 0 Å². The topological polar surface area (TPSA) is 3.24 Å². The quantitative estimate of drug-likeness (QED) is 0.184. The fraction of sp³-hybridized carbons (Fsp3) is 0.0526. The smallest absolute Gasteiger partial charge is 0.150 e. The van der Waals surface area contributed by atoms with E-state index in [0.29, 0.717) is 0 Å². The minimum absolute atomic E-state index is 1.19. The van der Waals surface area contributed by atoms with Gasteiger partial charge in [0.2, 0.25) is 0 Å². The average Bonchev–Trinajstić information content (AvgIpc) is 3.11. The van der Waals surface area contributed by atoms with Crippen LogP contribution in [0, 0.1) is 0 Å². The number of benzene rings is 6. The fourth-order valence-corrected chi connectivity index (χ4v) is 12.0. The molecule has 0 amide bonds. The number of anilines is 3. The Hall–Kier alpha value is -4.31. The minimum atomic E-state index is -1.80. The van der Waals surface area contributed by atoms with Crippen molar-refractivity contribution in [2.24, 2.45) is 0 Å². The van der Waals surface area contributed by atoms with Crippen molar-refractivity contribution in [2.45, 2.75) is 18.0 Å². The zero-order chi connectivity index (χ0) is 27.6. The number of hydrogen-bond donors (Lipinski definition) is 0. The maximum atomic E-state index is 2.50. The van der Waals surface area contributed by atoms with Gasteiger partial charge in [0.15, 0.2) is 7.22 Å². The van der Waals surface area contributed by atoms with E-state index in [1.807, 2.05) is 0 Å². The lowest BCUT2D eigenvalue weighted by molar-refractivity contribution is 1.24. The number of hydrogen-bond acceptors (Lipinski definition) is 2. The molecule has 6 aromatic rings. The molecule has 3 heteroatoms. The van der Waals surface area contributed by atoms with E-state index in [1.54, 1.807) is 0 Å². The third-order valence-corrected chi connectivity index (χ3v) is 14.1. The molecule has 0 aromatic heterocycles. The van der Waals surface area contributed by atoms with Crippen molar-refractivity contribution in [1.29, 1.82) is 0 Å². The molecule has 0 fully saturated rings. The molecule has 8 rings (SSSR count). The van der Waals surface area contributed by atoms with E-state index in [2.05, 4.69) is 169 Å². The Morgan fingerprint density at radius 1 is 0.439 bits per heavy atom. The fourth-order valence-electron chi connectivity index (χ4n) is 6.63. The van der Waals surface area contributed by atoms with Crippen LogP contribution in [0.3, 0.4) is 0 Å². The second kappa shape index (κ2) is 9.37. The van der Waals surface area contributed by atoms with Gasteiger partial charge >= 0.3 is 0 Å². The highest BCUT2D eigenvalue weighted by atomic mass is 32.4. The molecule has 6 aromatic carbocycles. The molecule has 1 aliphatic heterocycles. The Bertz CT molecular complexity index is 1970. The van der Waals surface area contributed by atoms with E-state index in [4.69, 9.17) is 0 Å². The van der Waals surface area contributed by atoms with Gasteiger partial charge in [-0.05, 0) is 80.0 Å². The van der Waals surface area contributed by atoms with Crippen LogP contribution in [0.4, 0.5) is 17.1 Å². The van der Waals surface area contributed by atoms with Crippen LogP contribution in [-0.4, -0.2) is 7.22 Å². The van der Waals surface area contributed by atoms with Crippen molar-refractivity contribution >= 4 is 40.7 Å². The molecule has 41 heavy (non-hydrogen) atoms. The van der Waals surface area contributed by atoms with E-state index < -0.39 is 7.22 Å². The molecule has 1 heterocycles. The molecular weight excluding hydrogens is 531 g/mol.